The van der Waals surface area contributed by atoms with Crippen molar-refractivity contribution in [2.24, 2.45) is 0 Å². The molecule has 0 radical (unpaired) electrons. The summed E-state index contributed by atoms with van der Waals surface area (Å²) in [6.45, 7) is 6.29. The number of aryl methyl sites for hydroxylation is 2. The van der Waals surface area contributed by atoms with Gasteiger partial charge >= 0.3 is 12.1 Å². The fourth-order valence-corrected chi connectivity index (χ4v) is 3.23. The van der Waals surface area contributed by atoms with Crippen molar-refractivity contribution >= 4 is 23.1 Å². The smallest absolute Gasteiger partial charge is 0.416 e. The molecule has 0 aliphatic carbocycles. The topological polar surface area (TPSA) is 79.2 Å². The number of esters is 1. The summed E-state index contributed by atoms with van der Waals surface area (Å²) in [6, 6.07) is 16.4. The number of carbonyl (C=O) groups excluding carboxylic acids is 2. The van der Waals surface area contributed by atoms with Crippen LogP contribution in [0.5, 0.6) is 5.75 Å². The van der Waals surface area contributed by atoms with Crippen molar-refractivity contribution in [2.75, 3.05) is 5.32 Å². The molecule has 0 bridgehead atoms. The van der Waals surface area contributed by atoms with Crippen molar-refractivity contribution in [1.82, 2.24) is 0 Å². The zero-order chi connectivity index (χ0) is 25.0. The lowest BCUT2D eigenvalue weighted by molar-refractivity contribution is -0.0686. The highest BCUT2D eigenvalue weighted by Gasteiger charge is 2.33. The van der Waals surface area contributed by atoms with Crippen LogP contribution < -0.4 is 10.1 Å². The molecule has 0 aliphatic rings. The summed E-state index contributed by atoms with van der Waals surface area (Å²) < 4.78 is 44.3. The maximum absolute atomic E-state index is 13.0. The second-order valence-electron chi connectivity index (χ2n) is 7.52. The van der Waals surface area contributed by atoms with Crippen LogP contribution >= 0.6 is 0 Å². The zero-order valence-corrected chi connectivity index (χ0v) is 18.3. The van der Waals surface area contributed by atoms with E-state index in [1.165, 1.54) is 60.7 Å². The molecule has 0 aliphatic heterocycles. The van der Waals surface area contributed by atoms with Gasteiger partial charge in [0, 0.05) is 11.3 Å². The third-order valence-electron chi connectivity index (χ3n) is 5.02. The van der Waals surface area contributed by atoms with Crippen LogP contribution in [0.1, 0.15) is 43.0 Å². The highest BCUT2D eigenvalue weighted by Crippen LogP contribution is 2.35. The molecule has 0 saturated heterocycles. The molecule has 1 amide bonds. The van der Waals surface area contributed by atoms with Crippen molar-refractivity contribution in [2.45, 2.75) is 20.0 Å². The number of carbonyl (C=O) groups is 2. The Balaban J connectivity index is 1.77. The number of amides is 1. The third kappa shape index (κ3) is 5.51. The van der Waals surface area contributed by atoms with Crippen LogP contribution in [-0.2, 0) is 0 Å². The van der Waals surface area contributed by atoms with Crippen molar-refractivity contribution in [3.05, 3.63) is 101 Å². The Labute approximate surface area is 194 Å². The lowest BCUT2D eigenvalue weighted by Gasteiger charge is -2.16. The van der Waals surface area contributed by atoms with Gasteiger partial charge < -0.3 is 10.1 Å². The van der Waals surface area contributed by atoms with E-state index >= 15 is 0 Å². The Kier molecular flexibility index (Phi) is 6.87. The van der Waals surface area contributed by atoms with E-state index in [2.05, 4.69) is 11.9 Å². The molecule has 5 nitrogen and oxygen atoms in total. The second-order valence-corrected chi connectivity index (χ2v) is 7.52. The molecule has 3 rings (SSSR count). The Bertz CT molecular complexity index is 1300. The molecule has 0 spiro atoms. The zero-order valence-electron chi connectivity index (χ0n) is 18.3. The van der Waals surface area contributed by atoms with Gasteiger partial charge in [-0.05, 0) is 85.1 Å². The summed E-state index contributed by atoms with van der Waals surface area (Å²) in [5, 5.41) is 11.5. The number of alkyl halides is 3. The minimum absolute atomic E-state index is 0.0720. The predicted octanol–water partition coefficient (Wildman–Crippen LogP) is 6.22. The highest BCUT2D eigenvalue weighted by atomic mass is 19.4. The summed E-state index contributed by atoms with van der Waals surface area (Å²) in [5.74, 6) is -1.05. The number of halogens is 3. The number of hydrogen-bond donors (Lipinski definition) is 1. The van der Waals surface area contributed by atoms with Gasteiger partial charge in [0.05, 0.1) is 22.8 Å². The van der Waals surface area contributed by atoms with Gasteiger partial charge in [-0.1, -0.05) is 12.6 Å². The molecule has 0 atom stereocenters. The van der Waals surface area contributed by atoms with Crippen molar-refractivity contribution in [3.63, 3.8) is 0 Å². The summed E-state index contributed by atoms with van der Waals surface area (Å²) in [5.41, 5.74) is 1.05. The number of anilines is 1. The van der Waals surface area contributed by atoms with Crippen LogP contribution in [0.2, 0.25) is 0 Å². The first kappa shape index (κ1) is 24.3. The number of benzene rings is 3. The van der Waals surface area contributed by atoms with Crippen LogP contribution in [0, 0.1) is 25.2 Å². The molecular formula is C26H19F3N2O3. The Morgan fingerprint density at radius 1 is 0.941 bits per heavy atom. The van der Waals surface area contributed by atoms with Crippen LogP contribution in [0.15, 0.2) is 67.2 Å². The van der Waals surface area contributed by atoms with Gasteiger partial charge in [0.15, 0.2) is 0 Å². The van der Waals surface area contributed by atoms with Gasteiger partial charge in [0.1, 0.15) is 5.75 Å². The molecule has 0 aromatic heterocycles. The Hall–Kier alpha value is -4.38. The second kappa shape index (κ2) is 9.63. The average molecular weight is 464 g/mol. The molecule has 34 heavy (non-hydrogen) atoms. The predicted molar refractivity (Wildman–Crippen MR) is 122 cm³/mol. The first-order valence-electron chi connectivity index (χ1n) is 10.0. The van der Waals surface area contributed by atoms with Crippen LogP contribution in [0.25, 0.3) is 5.57 Å². The average Bonchev–Trinajstić information content (AvgIpc) is 2.80. The van der Waals surface area contributed by atoms with E-state index < -0.39 is 23.6 Å². The monoisotopic (exact) mass is 464 g/mol. The standard InChI is InChI=1S/C26H19F3N2O3/c1-15-11-21(17(3)26(27,28)29)12-16(2)23(15)31-24(32)20-5-4-6-22(13-20)34-25(33)19-9-7-18(14-30)8-10-19/h4-13H,3H2,1-2H3,(H,31,32). The van der Waals surface area contributed by atoms with Crippen molar-refractivity contribution in [1.29, 1.82) is 5.26 Å². The normalized spacial score (nSPS) is 10.8. The molecule has 3 aromatic rings. The molecule has 0 fully saturated rings. The van der Waals surface area contributed by atoms with E-state index in [0.29, 0.717) is 22.4 Å². The number of allylic oxidation sites excluding steroid dienone is 1. The first-order valence-corrected chi connectivity index (χ1v) is 10.0. The number of nitrogens with zero attached hydrogens (tertiary/aromatic N) is 1. The van der Waals surface area contributed by atoms with E-state index in [9.17, 15) is 22.8 Å². The largest absolute Gasteiger partial charge is 0.423 e. The molecule has 0 heterocycles. The third-order valence-corrected chi connectivity index (χ3v) is 5.02. The first-order chi connectivity index (χ1) is 16.0. The number of nitriles is 1. The maximum atomic E-state index is 13.0. The Morgan fingerprint density at radius 3 is 2.12 bits per heavy atom. The number of rotatable bonds is 5. The minimum Gasteiger partial charge on any atom is -0.423 e. The summed E-state index contributed by atoms with van der Waals surface area (Å²) >= 11 is 0. The van der Waals surface area contributed by atoms with E-state index in [4.69, 9.17) is 10.00 Å². The lowest BCUT2D eigenvalue weighted by atomic mass is 9.99. The van der Waals surface area contributed by atoms with Gasteiger partial charge in [0.2, 0.25) is 0 Å². The molecule has 0 unspecified atom stereocenters. The SMILES string of the molecule is C=C(c1cc(C)c(NC(=O)c2cccc(OC(=O)c3ccc(C#N)cc3)c2)c(C)c1)C(F)(F)F. The molecule has 1 N–H and O–H groups in total. The van der Waals surface area contributed by atoms with Crippen LogP contribution in [0.4, 0.5) is 18.9 Å². The van der Waals surface area contributed by atoms with E-state index in [0.717, 1.165) is 0 Å². The van der Waals surface area contributed by atoms with Gasteiger partial charge in [-0.3, -0.25) is 4.79 Å². The molecule has 172 valence electrons. The quantitative estimate of drug-likeness (QED) is 0.359. The summed E-state index contributed by atoms with van der Waals surface area (Å²) in [6.07, 6.45) is -4.56. The molecule has 0 saturated carbocycles. The molecule has 8 heteroatoms. The minimum atomic E-state index is -4.56. The van der Waals surface area contributed by atoms with Crippen molar-refractivity contribution < 1.29 is 27.5 Å². The maximum Gasteiger partial charge on any atom is 0.416 e. The summed E-state index contributed by atoms with van der Waals surface area (Å²) in [7, 11) is 0. The van der Waals surface area contributed by atoms with Gasteiger partial charge in [-0.2, -0.15) is 18.4 Å². The fraction of sp³-hybridized carbons (Fsp3) is 0.115. The Morgan fingerprint density at radius 2 is 1.56 bits per heavy atom. The van der Waals surface area contributed by atoms with E-state index in [1.54, 1.807) is 13.8 Å². The number of hydrogen-bond acceptors (Lipinski definition) is 4. The molecule has 3 aromatic carbocycles. The van der Waals surface area contributed by atoms with E-state index in [1.807, 2.05) is 6.07 Å². The van der Waals surface area contributed by atoms with Crippen LogP contribution in [0.3, 0.4) is 0 Å². The van der Waals surface area contributed by atoms with Gasteiger partial charge in [-0.25, -0.2) is 4.79 Å². The van der Waals surface area contributed by atoms with Crippen molar-refractivity contribution in [3.8, 4) is 11.8 Å². The van der Waals surface area contributed by atoms with Crippen LogP contribution in [-0.4, -0.2) is 18.1 Å². The van der Waals surface area contributed by atoms with Gasteiger partial charge in [0.25, 0.3) is 5.91 Å². The summed E-state index contributed by atoms with van der Waals surface area (Å²) in [4.78, 5) is 25.1. The van der Waals surface area contributed by atoms with E-state index in [-0.39, 0.29) is 22.4 Å². The number of nitrogens with one attached hydrogen (secondary N) is 1. The fourth-order valence-electron chi connectivity index (χ4n) is 3.23. The highest BCUT2D eigenvalue weighted by molar-refractivity contribution is 6.05. The number of ether oxygens (including phenoxy) is 1. The lowest BCUT2D eigenvalue weighted by Crippen LogP contribution is -2.15. The molecular weight excluding hydrogens is 445 g/mol. The van der Waals surface area contributed by atoms with Gasteiger partial charge in [-0.15, -0.1) is 0 Å².